The van der Waals surface area contributed by atoms with E-state index >= 15 is 0 Å². The normalized spacial score (nSPS) is 12.9. The van der Waals surface area contributed by atoms with Gasteiger partial charge in [-0.3, -0.25) is 4.79 Å². The molecule has 1 unspecified atom stereocenters. The van der Waals surface area contributed by atoms with E-state index in [1.165, 1.54) is 0 Å². The van der Waals surface area contributed by atoms with E-state index in [1.807, 2.05) is 11.8 Å². The lowest BCUT2D eigenvalue weighted by Gasteiger charge is -2.32. The first-order valence-corrected chi connectivity index (χ1v) is 7.10. The van der Waals surface area contributed by atoms with Crippen LogP contribution in [-0.4, -0.2) is 28.7 Å². The topological polar surface area (TPSA) is 20.3 Å². The number of hydrogen-bond donors (Lipinski definition) is 0. The molecule has 1 amide bonds. The van der Waals surface area contributed by atoms with Gasteiger partial charge in [-0.2, -0.15) is 0 Å². The van der Waals surface area contributed by atoms with Gasteiger partial charge in [-0.25, -0.2) is 0 Å². The zero-order valence-electron chi connectivity index (χ0n) is 10.4. The summed E-state index contributed by atoms with van der Waals surface area (Å²) in [5, 5.41) is 0.867. The molecule has 0 aromatic rings. The van der Waals surface area contributed by atoms with Crippen LogP contribution in [0.1, 0.15) is 47.0 Å². The Morgan fingerprint density at radius 3 is 2.07 bits per heavy atom. The summed E-state index contributed by atoms with van der Waals surface area (Å²) in [7, 11) is 0. The molecule has 0 saturated carbocycles. The SMILES string of the molecule is CCC(C)C(=O)N(CCBr)C(CC)CC. The van der Waals surface area contributed by atoms with Crippen molar-refractivity contribution >= 4 is 21.8 Å². The summed E-state index contributed by atoms with van der Waals surface area (Å²) in [6, 6.07) is 0.407. The number of nitrogens with zero attached hydrogens (tertiary/aromatic N) is 1. The van der Waals surface area contributed by atoms with Crippen molar-refractivity contribution in [2.45, 2.75) is 53.0 Å². The van der Waals surface area contributed by atoms with E-state index < -0.39 is 0 Å². The average molecular weight is 278 g/mol. The van der Waals surface area contributed by atoms with E-state index in [0.29, 0.717) is 11.9 Å². The van der Waals surface area contributed by atoms with E-state index in [1.54, 1.807) is 0 Å². The van der Waals surface area contributed by atoms with Gasteiger partial charge < -0.3 is 4.90 Å². The molecule has 3 heteroatoms. The summed E-state index contributed by atoms with van der Waals surface area (Å²) < 4.78 is 0. The molecule has 0 aromatic heterocycles. The van der Waals surface area contributed by atoms with Crippen molar-refractivity contribution in [3.63, 3.8) is 0 Å². The van der Waals surface area contributed by atoms with Crippen LogP contribution in [-0.2, 0) is 4.79 Å². The zero-order chi connectivity index (χ0) is 11.8. The van der Waals surface area contributed by atoms with Crippen LogP contribution in [0.3, 0.4) is 0 Å². The lowest BCUT2D eigenvalue weighted by atomic mass is 10.0. The highest BCUT2D eigenvalue weighted by Crippen LogP contribution is 2.15. The number of alkyl halides is 1. The Labute approximate surface area is 103 Å². The Balaban J connectivity index is 4.55. The molecule has 0 fully saturated rings. The van der Waals surface area contributed by atoms with Gasteiger partial charge in [0.05, 0.1) is 0 Å². The molecule has 0 N–H and O–H groups in total. The van der Waals surface area contributed by atoms with Gasteiger partial charge in [-0.1, -0.05) is 43.6 Å². The maximum absolute atomic E-state index is 12.1. The first kappa shape index (κ1) is 14.9. The van der Waals surface area contributed by atoms with Gasteiger partial charge in [0, 0.05) is 23.8 Å². The third kappa shape index (κ3) is 4.54. The van der Waals surface area contributed by atoms with Crippen LogP contribution < -0.4 is 0 Å². The lowest BCUT2D eigenvalue weighted by Crippen LogP contribution is -2.43. The van der Waals surface area contributed by atoms with Crippen LogP contribution in [0.25, 0.3) is 0 Å². The fraction of sp³-hybridized carbons (Fsp3) is 0.917. The molecule has 0 aliphatic rings. The van der Waals surface area contributed by atoms with Gasteiger partial charge in [0.1, 0.15) is 0 Å². The van der Waals surface area contributed by atoms with E-state index in [9.17, 15) is 4.79 Å². The Morgan fingerprint density at radius 1 is 1.20 bits per heavy atom. The fourth-order valence-electron chi connectivity index (χ4n) is 1.75. The highest BCUT2D eigenvalue weighted by molar-refractivity contribution is 9.09. The zero-order valence-corrected chi connectivity index (χ0v) is 12.0. The molecule has 0 bridgehead atoms. The standard InChI is InChI=1S/C12H24BrNO/c1-5-10(4)12(15)14(9-8-13)11(6-2)7-3/h10-11H,5-9H2,1-4H3. The van der Waals surface area contributed by atoms with Gasteiger partial charge in [-0.15, -0.1) is 0 Å². The Bertz CT molecular complexity index is 180. The summed E-state index contributed by atoms with van der Waals surface area (Å²) in [6.07, 6.45) is 3.02. The predicted octanol–water partition coefficient (Wildman–Crippen LogP) is 3.44. The molecular formula is C12H24BrNO. The van der Waals surface area contributed by atoms with Crippen molar-refractivity contribution in [1.29, 1.82) is 0 Å². The van der Waals surface area contributed by atoms with Crippen molar-refractivity contribution in [3.05, 3.63) is 0 Å². The summed E-state index contributed by atoms with van der Waals surface area (Å²) in [6.45, 7) is 9.22. The van der Waals surface area contributed by atoms with Crippen molar-refractivity contribution in [2.24, 2.45) is 5.92 Å². The number of hydrogen-bond acceptors (Lipinski definition) is 1. The minimum atomic E-state index is 0.157. The van der Waals surface area contributed by atoms with Crippen LogP contribution in [0.15, 0.2) is 0 Å². The Kier molecular flexibility index (Phi) is 8.12. The molecule has 0 aromatic carbocycles. The predicted molar refractivity (Wildman–Crippen MR) is 69.3 cm³/mol. The first-order valence-electron chi connectivity index (χ1n) is 5.98. The summed E-state index contributed by atoms with van der Waals surface area (Å²) in [4.78, 5) is 14.2. The van der Waals surface area contributed by atoms with Crippen molar-refractivity contribution in [2.75, 3.05) is 11.9 Å². The third-order valence-corrected chi connectivity index (χ3v) is 3.38. The minimum Gasteiger partial charge on any atom is -0.339 e. The van der Waals surface area contributed by atoms with E-state index in [-0.39, 0.29) is 5.92 Å². The lowest BCUT2D eigenvalue weighted by molar-refractivity contribution is -0.137. The maximum atomic E-state index is 12.1. The first-order chi connectivity index (χ1) is 7.12. The molecule has 0 aliphatic heterocycles. The number of carbonyl (C=O) groups is 1. The number of amides is 1. The maximum Gasteiger partial charge on any atom is 0.225 e. The van der Waals surface area contributed by atoms with Gasteiger partial charge in [0.15, 0.2) is 0 Å². The summed E-state index contributed by atoms with van der Waals surface area (Å²) in [5.41, 5.74) is 0. The molecule has 0 saturated heterocycles. The summed E-state index contributed by atoms with van der Waals surface area (Å²) in [5.74, 6) is 0.468. The van der Waals surface area contributed by atoms with Crippen molar-refractivity contribution < 1.29 is 4.79 Å². The van der Waals surface area contributed by atoms with Crippen molar-refractivity contribution in [3.8, 4) is 0 Å². The highest BCUT2D eigenvalue weighted by Gasteiger charge is 2.23. The molecule has 2 nitrogen and oxygen atoms in total. The van der Waals surface area contributed by atoms with Crippen LogP contribution in [0, 0.1) is 5.92 Å². The molecule has 0 heterocycles. The van der Waals surface area contributed by atoms with Gasteiger partial charge in [0.2, 0.25) is 5.91 Å². The minimum absolute atomic E-state index is 0.157. The van der Waals surface area contributed by atoms with Crippen LogP contribution in [0.2, 0.25) is 0 Å². The molecule has 0 radical (unpaired) electrons. The van der Waals surface area contributed by atoms with E-state index in [0.717, 1.165) is 31.1 Å². The van der Waals surface area contributed by atoms with Crippen LogP contribution >= 0.6 is 15.9 Å². The average Bonchev–Trinajstić information content (AvgIpc) is 2.27. The molecule has 1 atom stereocenters. The smallest absolute Gasteiger partial charge is 0.225 e. The second kappa shape index (κ2) is 8.14. The summed E-state index contributed by atoms with van der Waals surface area (Å²) >= 11 is 3.42. The quantitative estimate of drug-likeness (QED) is 0.653. The van der Waals surface area contributed by atoms with Gasteiger partial charge >= 0.3 is 0 Å². The largest absolute Gasteiger partial charge is 0.339 e. The van der Waals surface area contributed by atoms with Crippen LogP contribution in [0.4, 0.5) is 0 Å². The van der Waals surface area contributed by atoms with Gasteiger partial charge in [0.25, 0.3) is 0 Å². The van der Waals surface area contributed by atoms with Crippen LogP contribution in [0.5, 0.6) is 0 Å². The van der Waals surface area contributed by atoms with Crippen molar-refractivity contribution in [1.82, 2.24) is 4.90 Å². The Morgan fingerprint density at radius 2 is 1.73 bits per heavy atom. The fourth-order valence-corrected chi connectivity index (χ4v) is 2.13. The number of rotatable bonds is 7. The molecule has 0 spiro atoms. The Hall–Kier alpha value is -0.0500. The molecule has 0 rings (SSSR count). The number of halogens is 1. The molecule has 15 heavy (non-hydrogen) atoms. The second-order valence-electron chi connectivity index (χ2n) is 4.00. The number of carbonyl (C=O) groups excluding carboxylic acids is 1. The molecular weight excluding hydrogens is 254 g/mol. The van der Waals surface area contributed by atoms with Gasteiger partial charge in [-0.05, 0) is 19.3 Å². The third-order valence-electron chi connectivity index (χ3n) is 3.03. The molecule has 90 valence electrons. The van der Waals surface area contributed by atoms with E-state index in [2.05, 4.69) is 36.7 Å². The highest BCUT2D eigenvalue weighted by atomic mass is 79.9. The second-order valence-corrected chi connectivity index (χ2v) is 4.79. The monoisotopic (exact) mass is 277 g/mol. The molecule has 0 aliphatic carbocycles. The van der Waals surface area contributed by atoms with E-state index in [4.69, 9.17) is 0 Å².